The van der Waals surface area contributed by atoms with Crippen LogP contribution >= 0.6 is 0 Å². The van der Waals surface area contributed by atoms with Crippen molar-refractivity contribution in [2.45, 2.75) is 13.0 Å². The predicted molar refractivity (Wildman–Crippen MR) is 95.4 cm³/mol. The molecule has 1 saturated heterocycles. The second-order valence-electron chi connectivity index (χ2n) is 6.68. The maximum Gasteiger partial charge on any atom is 0.312 e. The Morgan fingerprint density at radius 3 is 2.43 bits per heavy atom. The van der Waals surface area contributed by atoms with Crippen molar-refractivity contribution in [3.05, 3.63) is 35.5 Å². The van der Waals surface area contributed by atoms with Crippen LogP contribution in [-0.4, -0.2) is 76.4 Å². The smallest absolute Gasteiger partial charge is 0.312 e. The van der Waals surface area contributed by atoms with Gasteiger partial charge >= 0.3 is 11.8 Å². The van der Waals surface area contributed by atoms with Crippen LogP contribution in [0, 0.1) is 11.6 Å². The minimum atomic E-state index is -0.811. The van der Waals surface area contributed by atoms with Gasteiger partial charge < -0.3 is 25.2 Å². The largest absolute Gasteiger partial charge is 0.392 e. The number of piperazine rings is 1. The normalized spacial score (nSPS) is 15.6. The summed E-state index contributed by atoms with van der Waals surface area (Å²) in [6.45, 7) is 2.17. The summed E-state index contributed by atoms with van der Waals surface area (Å²) in [6, 6.07) is 3.18. The fraction of sp³-hybridized carbons (Fsp3) is 0.389. The van der Waals surface area contributed by atoms with Crippen molar-refractivity contribution in [1.29, 1.82) is 0 Å². The molecule has 1 atom stereocenters. The number of nitrogens with one attached hydrogen (secondary N) is 2. The van der Waals surface area contributed by atoms with Crippen LogP contribution < -0.4 is 5.32 Å². The molecule has 3 rings (SSSR count). The summed E-state index contributed by atoms with van der Waals surface area (Å²) < 4.78 is 27.1. The third kappa shape index (κ3) is 4.11. The second kappa shape index (κ2) is 7.93. The van der Waals surface area contributed by atoms with Crippen LogP contribution in [0.25, 0.3) is 10.9 Å². The Hall–Kier alpha value is -3.01. The van der Waals surface area contributed by atoms with Gasteiger partial charge in [-0.3, -0.25) is 14.4 Å². The Labute approximate surface area is 159 Å². The fourth-order valence-corrected chi connectivity index (χ4v) is 3.02. The first-order chi connectivity index (χ1) is 13.3. The van der Waals surface area contributed by atoms with Crippen molar-refractivity contribution >= 4 is 28.6 Å². The highest BCUT2D eigenvalue weighted by atomic mass is 19.1. The van der Waals surface area contributed by atoms with Gasteiger partial charge in [-0.05, 0) is 19.1 Å². The maximum atomic E-state index is 13.8. The van der Waals surface area contributed by atoms with E-state index in [4.69, 9.17) is 5.11 Å². The summed E-state index contributed by atoms with van der Waals surface area (Å²) in [6.07, 6.45) is -0.763. The lowest BCUT2D eigenvalue weighted by Crippen LogP contribution is -2.54. The van der Waals surface area contributed by atoms with Gasteiger partial charge in [0, 0.05) is 44.2 Å². The highest BCUT2D eigenvalue weighted by molar-refractivity contribution is 6.35. The molecule has 2 heterocycles. The molecule has 3 N–H and O–H groups in total. The molecule has 28 heavy (non-hydrogen) atoms. The number of hydrogen-bond donors (Lipinski definition) is 3. The molecule has 150 valence electrons. The van der Waals surface area contributed by atoms with Gasteiger partial charge in [0.1, 0.15) is 17.3 Å². The highest BCUT2D eigenvalue weighted by Gasteiger charge is 2.29. The Morgan fingerprint density at radius 2 is 1.79 bits per heavy atom. The van der Waals surface area contributed by atoms with Crippen molar-refractivity contribution in [2.24, 2.45) is 0 Å². The van der Waals surface area contributed by atoms with Crippen molar-refractivity contribution in [1.82, 2.24) is 20.1 Å². The molecule has 10 heteroatoms. The molecule has 1 aliphatic rings. The molecule has 8 nitrogen and oxygen atoms in total. The van der Waals surface area contributed by atoms with Crippen LogP contribution in [0.3, 0.4) is 0 Å². The molecule has 0 bridgehead atoms. The first-order valence-corrected chi connectivity index (χ1v) is 8.78. The lowest BCUT2D eigenvalue weighted by Gasteiger charge is -2.34. The minimum absolute atomic E-state index is 0.0272. The van der Waals surface area contributed by atoms with E-state index < -0.39 is 35.5 Å². The molecule has 0 saturated carbocycles. The average molecular weight is 394 g/mol. The Balaban J connectivity index is 1.62. The molecule has 1 aliphatic heterocycles. The number of H-pyrrole nitrogens is 1. The zero-order chi connectivity index (χ0) is 20.4. The first-order valence-electron chi connectivity index (χ1n) is 8.78. The zero-order valence-electron chi connectivity index (χ0n) is 15.2. The number of aliphatic hydroxyl groups is 1. The Kier molecular flexibility index (Phi) is 5.59. The molecule has 1 fully saturated rings. The molecular formula is C18H20F2N4O4. The van der Waals surface area contributed by atoms with Gasteiger partial charge in [-0.2, -0.15) is 0 Å². The fourth-order valence-electron chi connectivity index (χ4n) is 3.02. The van der Waals surface area contributed by atoms with E-state index in [9.17, 15) is 23.2 Å². The third-order valence-electron chi connectivity index (χ3n) is 4.49. The maximum absolute atomic E-state index is 13.8. The van der Waals surface area contributed by atoms with E-state index in [0.29, 0.717) is 0 Å². The Morgan fingerprint density at radius 1 is 1.14 bits per heavy atom. The number of fused-ring (bicyclic) bond motifs is 1. The number of carbonyl (C=O) groups excluding carboxylic acids is 3. The van der Waals surface area contributed by atoms with Crippen LogP contribution in [0.2, 0.25) is 0 Å². The van der Waals surface area contributed by atoms with E-state index in [1.165, 1.54) is 22.8 Å². The molecule has 0 spiro atoms. The van der Waals surface area contributed by atoms with E-state index in [-0.39, 0.29) is 49.3 Å². The number of benzene rings is 1. The van der Waals surface area contributed by atoms with Crippen LogP contribution in [0.5, 0.6) is 0 Å². The average Bonchev–Trinajstić information content (AvgIpc) is 3.09. The highest BCUT2D eigenvalue weighted by Crippen LogP contribution is 2.21. The van der Waals surface area contributed by atoms with Crippen LogP contribution in [0.15, 0.2) is 18.2 Å². The van der Waals surface area contributed by atoms with E-state index in [0.717, 1.165) is 12.1 Å². The lowest BCUT2D eigenvalue weighted by molar-refractivity contribution is -0.146. The summed E-state index contributed by atoms with van der Waals surface area (Å²) in [5.74, 6) is -3.44. The Bertz CT molecular complexity index is 920. The lowest BCUT2D eigenvalue weighted by atomic mass is 10.2. The second-order valence-corrected chi connectivity index (χ2v) is 6.68. The third-order valence-corrected chi connectivity index (χ3v) is 4.49. The molecule has 1 aromatic carbocycles. The summed E-state index contributed by atoms with van der Waals surface area (Å²) in [5, 5.41) is 11.6. The number of aromatic amines is 1. The summed E-state index contributed by atoms with van der Waals surface area (Å²) >= 11 is 0. The van der Waals surface area contributed by atoms with Gasteiger partial charge in [-0.1, -0.05) is 0 Å². The molecule has 0 unspecified atom stereocenters. The van der Waals surface area contributed by atoms with Crippen molar-refractivity contribution < 1.29 is 28.3 Å². The van der Waals surface area contributed by atoms with Crippen molar-refractivity contribution in [3.63, 3.8) is 0 Å². The molecule has 1 aromatic heterocycles. The molecular weight excluding hydrogens is 374 g/mol. The van der Waals surface area contributed by atoms with Crippen LogP contribution in [-0.2, 0) is 9.59 Å². The number of aliphatic hydroxyl groups excluding tert-OH is 1. The van der Waals surface area contributed by atoms with E-state index in [1.54, 1.807) is 0 Å². The van der Waals surface area contributed by atoms with Crippen molar-refractivity contribution in [3.8, 4) is 0 Å². The van der Waals surface area contributed by atoms with Gasteiger partial charge in [-0.15, -0.1) is 0 Å². The SMILES string of the molecule is C[C@H](O)CNC(=O)C(=O)N1CCN(C(=O)c2cc3c(F)cc(F)cc3[nH]2)CC1. The quantitative estimate of drug-likeness (QED) is 0.648. The van der Waals surface area contributed by atoms with Gasteiger partial charge in [-0.25, -0.2) is 8.78 Å². The van der Waals surface area contributed by atoms with E-state index in [1.807, 2.05) is 0 Å². The number of nitrogens with zero attached hydrogens (tertiary/aromatic N) is 2. The number of aromatic nitrogens is 1. The first kappa shape index (κ1) is 19.7. The molecule has 3 amide bonds. The number of amides is 3. The summed E-state index contributed by atoms with van der Waals surface area (Å²) in [4.78, 5) is 42.0. The number of halogens is 2. The van der Waals surface area contributed by atoms with Gasteiger partial charge in [0.15, 0.2) is 0 Å². The number of hydrogen-bond acceptors (Lipinski definition) is 4. The van der Waals surface area contributed by atoms with E-state index >= 15 is 0 Å². The van der Waals surface area contributed by atoms with Gasteiger partial charge in [0.2, 0.25) is 0 Å². The standard InChI is InChI=1S/C18H20F2N4O4/c1-10(25)9-21-16(26)18(28)24-4-2-23(3-5-24)17(27)15-8-12-13(20)6-11(19)7-14(12)22-15/h6-8,10,22,25H,2-5,9H2,1H3,(H,21,26)/t10-/m0/s1. The number of rotatable bonds is 3. The summed E-state index contributed by atoms with van der Waals surface area (Å²) in [5.41, 5.74) is 0.304. The molecule has 0 aliphatic carbocycles. The molecule has 2 aromatic rings. The van der Waals surface area contributed by atoms with Crippen LogP contribution in [0.4, 0.5) is 8.78 Å². The monoisotopic (exact) mass is 394 g/mol. The predicted octanol–water partition coefficient (Wildman–Crippen LogP) is 0.227. The van der Waals surface area contributed by atoms with Crippen molar-refractivity contribution in [2.75, 3.05) is 32.7 Å². The summed E-state index contributed by atoms with van der Waals surface area (Å²) in [7, 11) is 0. The van der Waals surface area contributed by atoms with E-state index in [2.05, 4.69) is 10.3 Å². The van der Waals surface area contributed by atoms with Gasteiger partial charge in [0.05, 0.1) is 11.6 Å². The topological polar surface area (TPSA) is 106 Å². The zero-order valence-corrected chi connectivity index (χ0v) is 15.2. The van der Waals surface area contributed by atoms with Crippen LogP contribution in [0.1, 0.15) is 17.4 Å². The minimum Gasteiger partial charge on any atom is -0.392 e. The molecule has 0 radical (unpaired) electrons. The van der Waals surface area contributed by atoms with Gasteiger partial charge in [0.25, 0.3) is 5.91 Å². The number of carbonyl (C=O) groups is 3.